The van der Waals surface area contributed by atoms with Gasteiger partial charge in [0, 0.05) is 25.2 Å². The number of hydrogen-bond donors (Lipinski definition) is 1. The third-order valence-corrected chi connectivity index (χ3v) is 3.83. The summed E-state index contributed by atoms with van der Waals surface area (Å²) in [6.45, 7) is 2.63. The number of nitro groups is 1. The van der Waals surface area contributed by atoms with E-state index in [-0.39, 0.29) is 22.2 Å². The van der Waals surface area contributed by atoms with Gasteiger partial charge in [-0.25, -0.2) is 0 Å². The SMILES string of the molecule is CC1(O)CCN(C(=O)c2ccc([N+](=O)[O-])cc2Cl)CC1. The number of aliphatic hydroxyl groups is 1. The summed E-state index contributed by atoms with van der Waals surface area (Å²) < 4.78 is 0. The topological polar surface area (TPSA) is 83.7 Å². The van der Waals surface area contributed by atoms with Gasteiger partial charge in [-0.05, 0) is 25.8 Å². The molecule has 7 heteroatoms. The van der Waals surface area contributed by atoms with Crippen LogP contribution in [0.5, 0.6) is 0 Å². The van der Waals surface area contributed by atoms with E-state index >= 15 is 0 Å². The molecule has 1 amide bonds. The smallest absolute Gasteiger partial charge is 0.270 e. The Morgan fingerprint density at radius 2 is 2.05 bits per heavy atom. The van der Waals surface area contributed by atoms with Crippen LogP contribution in [-0.2, 0) is 0 Å². The number of carbonyl (C=O) groups excluding carboxylic acids is 1. The van der Waals surface area contributed by atoms with E-state index in [0.29, 0.717) is 25.9 Å². The molecule has 108 valence electrons. The van der Waals surface area contributed by atoms with Crippen LogP contribution in [0.25, 0.3) is 0 Å². The molecule has 20 heavy (non-hydrogen) atoms. The molecule has 6 nitrogen and oxygen atoms in total. The summed E-state index contributed by atoms with van der Waals surface area (Å²) in [4.78, 5) is 24.0. The second-order valence-electron chi connectivity index (χ2n) is 5.21. The number of benzene rings is 1. The molecular weight excluding hydrogens is 284 g/mol. The van der Waals surface area contributed by atoms with Crippen LogP contribution < -0.4 is 0 Å². The summed E-state index contributed by atoms with van der Waals surface area (Å²) in [6, 6.07) is 3.81. The number of hydrogen-bond acceptors (Lipinski definition) is 4. The van der Waals surface area contributed by atoms with Crippen LogP contribution in [0, 0.1) is 10.1 Å². The molecule has 0 atom stereocenters. The molecule has 1 fully saturated rings. The number of halogens is 1. The van der Waals surface area contributed by atoms with Crippen molar-refractivity contribution >= 4 is 23.2 Å². The van der Waals surface area contributed by atoms with Gasteiger partial charge in [-0.2, -0.15) is 0 Å². The molecule has 2 rings (SSSR count). The summed E-state index contributed by atoms with van der Waals surface area (Å²) in [5.74, 6) is -0.264. The Hall–Kier alpha value is -1.66. The van der Waals surface area contributed by atoms with Crippen molar-refractivity contribution in [3.63, 3.8) is 0 Å². The molecule has 1 saturated heterocycles. The van der Waals surface area contributed by atoms with E-state index in [1.807, 2.05) is 0 Å². The molecule has 1 N–H and O–H groups in total. The highest BCUT2D eigenvalue weighted by Gasteiger charge is 2.30. The largest absolute Gasteiger partial charge is 0.390 e. The number of piperidine rings is 1. The fourth-order valence-corrected chi connectivity index (χ4v) is 2.41. The summed E-state index contributed by atoms with van der Waals surface area (Å²) in [7, 11) is 0. The van der Waals surface area contributed by atoms with Crippen LogP contribution >= 0.6 is 11.6 Å². The van der Waals surface area contributed by atoms with Gasteiger partial charge in [0.1, 0.15) is 0 Å². The average Bonchev–Trinajstić information content (AvgIpc) is 2.37. The van der Waals surface area contributed by atoms with Gasteiger partial charge in [0.25, 0.3) is 11.6 Å². The number of amides is 1. The van der Waals surface area contributed by atoms with E-state index in [1.54, 1.807) is 11.8 Å². The molecule has 1 aliphatic rings. The van der Waals surface area contributed by atoms with E-state index in [2.05, 4.69) is 0 Å². The van der Waals surface area contributed by atoms with Gasteiger partial charge in [-0.15, -0.1) is 0 Å². The lowest BCUT2D eigenvalue weighted by Crippen LogP contribution is -2.45. The molecule has 1 heterocycles. The molecule has 0 spiro atoms. The van der Waals surface area contributed by atoms with Gasteiger partial charge in [0.05, 0.1) is 21.1 Å². The molecule has 0 aromatic heterocycles. The van der Waals surface area contributed by atoms with Crippen molar-refractivity contribution in [1.29, 1.82) is 0 Å². The lowest BCUT2D eigenvalue weighted by atomic mass is 9.93. The standard InChI is InChI=1S/C13H15ClN2O4/c1-13(18)4-6-15(7-5-13)12(17)10-3-2-9(16(19)20)8-11(10)14/h2-3,8,18H,4-7H2,1H3. The Balaban J connectivity index is 2.16. The Kier molecular flexibility index (Phi) is 3.96. The first kappa shape index (κ1) is 14.7. The quantitative estimate of drug-likeness (QED) is 0.670. The Morgan fingerprint density at radius 1 is 1.45 bits per heavy atom. The highest BCUT2D eigenvalue weighted by Crippen LogP contribution is 2.26. The van der Waals surface area contributed by atoms with Crippen molar-refractivity contribution in [2.75, 3.05) is 13.1 Å². The van der Waals surface area contributed by atoms with E-state index < -0.39 is 10.5 Å². The van der Waals surface area contributed by atoms with Crippen LogP contribution in [0.4, 0.5) is 5.69 Å². The third kappa shape index (κ3) is 3.08. The normalized spacial score (nSPS) is 17.9. The number of nitrogens with zero attached hydrogens (tertiary/aromatic N) is 2. The van der Waals surface area contributed by atoms with Crippen LogP contribution in [0.1, 0.15) is 30.1 Å². The van der Waals surface area contributed by atoms with Crippen molar-refractivity contribution < 1.29 is 14.8 Å². The summed E-state index contributed by atoms with van der Waals surface area (Å²) in [5, 5.41) is 20.6. The first-order valence-corrected chi connectivity index (χ1v) is 6.63. The van der Waals surface area contributed by atoms with Gasteiger partial charge in [-0.3, -0.25) is 14.9 Å². The number of nitro benzene ring substituents is 1. The zero-order chi connectivity index (χ0) is 14.9. The second-order valence-corrected chi connectivity index (χ2v) is 5.62. The Bertz CT molecular complexity index is 549. The first-order valence-electron chi connectivity index (χ1n) is 6.26. The van der Waals surface area contributed by atoms with Gasteiger partial charge >= 0.3 is 0 Å². The highest BCUT2D eigenvalue weighted by atomic mass is 35.5. The summed E-state index contributed by atoms with van der Waals surface area (Å²) in [6.07, 6.45) is 1.01. The number of likely N-dealkylation sites (tertiary alicyclic amines) is 1. The maximum Gasteiger partial charge on any atom is 0.270 e. The molecule has 1 aromatic carbocycles. The predicted molar refractivity (Wildman–Crippen MR) is 73.9 cm³/mol. The molecule has 0 saturated carbocycles. The van der Waals surface area contributed by atoms with Crippen molar-refractivity contribution in [3.8, 4) is 0 Å². The molecular formula is C13H15ClN2O4. The van der Waals surface area contributed by atoms with Crippen molar-refractivity contribution in [3.05, 3.63) is 38.9 Å². The molecule has 0 unspecified atom stereocenters. The lowest BCUT2D eigenvalue weighted by molar-refractivity contribution is -0.384. The van der Waals surface area contributed by atoms with Crippen molar-refractivity contribution in [1.82, 2.24) is 4.90 Å². The van der Waals surface area contributed by atoms with Gasteiger partial charge in [-0.1, -0.05) is 11.6 Å². The van der Waals surface area contributed by atoms with Crippen molar-refractivity contribution in [2.45, 2.75) is 25.4 Å². The minimum atomic E-state index is -0.740. The number of carbonyl (C=O) groups is 1. The Labute approximate surface area is 121 Å². The maximum atomic E-state index is 12.3. The number of non-ortho nitro benzene ring substituents is 1. The highest BCUT2D eigenvalue weighted by molar-refractivity contribution is 6.34. The molecule has 1 aliphatic heterocycles. The second kappa shape index (κ2) is 5.38. The van der Waals surface area contributed by atoms with Crippen LogP contribution in [0.15, 0.2) is 18.2 Å². The molecule has 0 aliphatic carbocycles. The van der Waals surface area contributed by atoms with E-state index in [4.69, 9.17) is 11.6 Å². The van der Waals surface area contributed by atoms with Crippen molar-refractivity contribution in [2.24, 2.45) is 0 Å². The average molecular weight is 299 g/mol. The minimum absolute atomic E-state index is 0.0709. The number of rotatable bonds is 2. The molecule has 1 aromatic rings. The monoisotopic (exact) mass is 298 g/mol. The van der Waals surface area contributed by atoms with Gasteiger partial charge < -0.3 is 10.0 Å². The first-order chi connectivity index (χ1) is 9.30. The van der Waals surface area contributed by atoms with Crippen LogP contribution in [0.3, 0.4) is 0 Å². The summed E-state index contributed by atoms with van der Waals surface area (Å²) in [5.41, 5.74) is -0.636. The fourth-order valence-electron chi connectivity index (χ4n) is 2.15. The van der Waals surface area contributed by atoms with Crippen LogP contribution in [-0.4, -0.2) is 39.5 Å². The van der Waals surface area contributed by atoms with E-state index in [0.717, 1.165) is 0 Å². The van der Waals surface area contributed by atoms with E-state index in [9.17, 15) is 20.0 Å². The Morgan fingerprint density at radius 3 is 2.55 bits per heavy atom. The third-order valence-electron chi connectivity index (χ3n) is 3.52. The zero-order valence-electron chi connectivity index (χ0n) is 11.0. The maximum absolute atomic E-state index is 12.3. The predicted octanol–water partition coefficient (Wildman–Crippen LogP) is 2.24. The van der Waals surface area contributed by atoms with Gasteiger partial charge in [0.2, 0.25) is 0 Å². The molecule has 0 radical (unpaired) electrons. The van der Waals surface area contributed by atoms with Crippen LogP contribution in [0.2, 0.25) is 5.02 Å². The summed E-state index contributed by atoms with van der Waals surface area (Å²) >= 11 is 5.94. The molecule has 0 bridgehead atoms. The lowest BCUT2D eigenvalue weighted by Gasteiger charge is -2.35. The van der Waals surface area contributed by atoms with E-state index in [1.165, 1.54) is 18.2 Å². The minimum Gasteiger partial charge on any atom is -0.390 e. The zero-order valence-corrected chi connectivity index (χ0v) is 11.8. The fraction of sp³-hybridized carbons (Fsp3) is 0.462. The van der Waals surface area contributed by atoms with Gasteiger partial charge in [0.15, 0.2) is 0 Å².